The Hall–Kier alpha value is -3.35. The van der Waals surface area contributed by atoms with E-state index >= 15 is 0 Å². The van der Waals surface area contributed by atoms with Crippen molar-refractivity contribution in [3.8, 4) is 11.1 Å². The molecule has 3 atom stereocenters. The maximum absolute atomic E-state index is 13.0. The molecule has 1 heterocycles. The average Bonchev–Trinajstić information content (AvgIpc) is 3.46. The lowest BCUT2D eigenvalue weighted by atomic mass is 9.84. The Labute approximate surface area is 199 Å². The molecule has 34 heavy (non-hydrogen) atoms. The molecule has 0 aromatic heterocycles. The number of nitrogens with one attached hydrogen (secondary N) is 1. The van der Waals surface area contributed by atoms with E-state index in [-0.39, 0.29) is 30.4 Å². The van der Waals surface area contributed by atoms with Gasteiger partial charge in [-0.25, -0.2) is 9.59 Å². The molecule has 2 N–H and O–H groups in total. The highest BCUT2D eigenvalue weighted by Gasteiger charge is 2.39. The van der Waals surface area contributed by atoms with Crippen LogP contribution in [0.3, 0.4) is 0 Å². The summed E-state index contributed by atoms with van der Waals surface area (Å²) in [4.78, 5) is 38.7. The number of amides is 2. The van der Waals surface area contributed by atoms with Crippen molar-refractivity contribution in [2.24, 2.45) is 5.92 Å². The van der Waals surface area contributed by atoms with Crippen molar-refractivity contribution < 1.29 is 24.2 Å². The van der Waals surface area contributed by atoms with Gasteiger partial charge in [-0.05, 0) is 54.4 Å². The molecule has 3 aliphatic rings. The third-order valence-electron chi connectivity index (χ3n) is 7.51. The first-order valence-electron chi connectivity index (χ1n) is 12.2. The van der Waals surface area contributed by atoms with Crippen molar-refractivity contribution in [2.45, 2.75) is 56.5 Å². The van der Waals surface area contributed by atoms with Crippen LogP contribution in [0.2, 0.25) is 0 Å². The molecule has 1 unspecified atom stereocenters. The number of fused-ring (bicyclic) bond motifs is 3. The molecule has 7 heteroatoms. The van der Waals surface area contributed by atoms with Crippen LogP contribution in [0.1, 0.15) is 55.6 Å². The quantitative estimate of drug-likeness (QED) is 0.696. The lowest BCUT2D eigenvalue weighted by molar-refractivity contribution is -0.150. The zero-order valence-corrected chi connectivity index (χ0v) is 19.1. The number of hydrogen-bond acceptors (Lipinski definition) is 4. The number of carbonyl (C=O) groups excluding carboxylic acids is 2. The summed E-state index contributed by atoms with van der Waals surface area (Å²) in [6, 6.07) is 15.6. The van der Waals surface area contributed by atoms with E-state index in [1.165, 1.54) is 27.2 Å². The van der Waals surface area contributed by atoms with Crippen LogP contribution < -0.4 is 5.32 Å². The SMILES string of the molecule is O=C(N[C@H]1CCC[C@@H](C(=O)N2CCCC2C(=O)O)C1)OCC1c2ccccc2-c2ccccc21. The minimum absolute atomic E-state index is 0.00181. The van der Waals surface area contributed by atoms with Gasteiger partial charge in [0, 0.05) is 24.4 Å². The fourth-order valence-corrected chi connectivity index (χ4v) is 5.87. The van der Waals surface area contributed by atoms with Gasteiger partial charge in [0.2, 0.25) is 5.91 Å². The van der Waals surface area contributed by atoms with Crippen LogP contribution in [-0.4, -0.2) is 53.2 Å². The first-order valence-corrected chi connectivity index (χ1v) is 12.2. The van der Waals surface area contributed by atoms with Gasteiger partial charge in [0.25, 0.3) is 0 Å². The summed E-state index contributed by atoms with van der Waals surface area (Å²) < 4.78 is 5.66. The van der Waals surface area contributed by atoms with Gasteiger partial charge in [-0.15, -0.1) is 0 Å². The predicted molar refractivity (Wildman–Crippen MR) is 126 cm³/mol. The number of carboxylic acid groups (broad SMARTS) is 1. The summed E-state index contributed by atoms with van der Waals surface area (Å²) in [5.74, 6) is -1.28. The lowest BCUT2D eigenvalue weighted by Gasteiger charge is -2.32. The molecule has 1 saturated heterocycles. The Morgan fingerprint density at radius 3 is 2.29 bits per heavy atom. The average molecular weight is 463 g/mol. The highest BCUT2D eigenvalue weighted by molar-refractivity contribution is 5.86. The maximum Gasteiger partial charge on any atom is 0.407 e. The van der Waals surface area contributed by atoms with Crippen molar-refractivity contribution >= 4 is 18.0 Å². The molecule has 2 aromatic rings. The number of carbonyl (C=O) groups is 3. The number of nitrogens with zero attached hydrogens (tertiary/aromatic N) is 1. The lowest BCUT2D eigenvalue weighted by Crippen LogP contribution is -2.47. The maximum atomic E-state index is 13.0. The standard InChI is InChI=1S/C27H30N2O5/c30-25(29-14-6-13-24(29)26(31)32)17-7-5-8-18(15-17)28-27(33)34-16-23-21-11-3-1-9-19(21)20-10-2-4-12-22(20)23/h1-4,9-12,17-18,23-24H,5-8,13-16H2,(H,28,33)(H,31,32)/t17-,18+,24?/m1/s1. The molecule has 1 aliphatic heterocycles. The molecule has 0 spiro atoms. The summed E-state index contributed by atoms with van der Waals surface area (Å²) in [5.41, 5.74) is 4.70. The fourth-order valence-electron chi connectivity index (χ4n) is 5.87. The van der Waals surface area contributed by atoms with Gasteiger partial charge in [0.05, 0.1) is 0 Å². The van der Waals surface area contributed by atoms with Gasteiger partial charge in [-0.1, -0.05) is 55.0 Å². The molecule has 7 nitrogen and oxygen atoms in total. The fraction of sp³-hybridized carbons (Fsp3) is 0.444. The van der Waals surface area contributed by atoms with Gasteiger partial charge in [0.15, 0.2) is 0 Å². The van der Waals surface area contributed by atoms with E-state index in [0.717, 1.165) is 25.7 Å². The summed E-state index contributed by atoms with van der Waals surface area (Å²) in [6.07, 6.45) is 3.61. The van der Waals surface area contributed by atoms with E-state index in [9.17, 15) is 19.5 Å². The molecule has 1 saturated carbocycles. The Kier molecular flexibility index (Phi) is 6.26. The van der Waals surface area contributed by atoms with Gasteiger partial charge < -0.3 is 20.1 Å². The highest BCUT2D eigenvalue weighted by Crippen LogP contribution is 2.44. The summed E-state index contributed by atoms with van der Waals surface area (Å²) in [5, 5.41) is 12.4. The number of carboxylic acids is 1. The summed E-state index contributed by atoms with van der Waals surface area (Å²) in [6.45, 7) is 0.750. The van der Waals surface area contributed by atoms with Gasteiger partial charge in [-0.2, -0.15) is 0 Å². The smallest absolute Gasteiger partial charge is 0.407 e. The van der Waals surface area contributed by atoms with E-state index in [1.54, 1.807) is 0 Å². The van der Waals surface area contributed by atoms with Crippen LogP contribution in [-0.2, 0) is 14.3 Å². The number of benzene rings is 2. The minimum atomic E-state index is -0.935. The highest BCUT2D eigenvalue weighted by atomic mass is 16.5. The molecule has 0 bridgehead atoms. The Balaban J connectivity index is 1.18. The van der Waals surface area contributed by atoms with Crippen LogP contribution in [0.15, 0.2) is 48.5 Å². The van der Waals surface area contributed by atoms with Crippen LogP contribution in [0.25, 0.3) is 11.1 Å². The third kappa shape index (κ3) is 4.27. The number of hydrogen-bond donors (Lipinski definition) is 2. The van der Waals surface area contributed by atoms with Crippen LogP contribution in [0.4, 0.5) is 4.79 Å². The minimum Gasteiger partial charge on any atom is -0.480 e. The van der Waals surface area contributed by atoms with Crippen molar-refractivity contribution in [1.82, 2.24) is 10.2 Å². The summed E-state index contributed by atoms with van der Waals surface area (Å²) >= 11 is 0. The van der Waals surface area contributed by atoms with Crippen LogP contribution >= 0.6 is 0 Å². The summed E-state index contributed by atoms with van der Waals surface area (Å²) in [7, 11) is 0. The Morgan fingerprint density at radius 1 is 0.941 bits per heavy atom. The Bertz CT molecular complexity index is 1050. The molecular formula is C27H30N2O5. The van der Waals surface area contributed by atoms with Gasteiger partial charge >= 0.3 is 12.1 Å². The molecule has 2 aliphatic carbocycles. The molecule has 5 rings (SSSR count). The van der Waals surface area contributed by atoms with E-state index < -0.39 is 18.1 Å². The van der Waals surface area contributed by atoms with Gasteiger partial charge in [-0.3, -0.25) is 4.79 Å². The van der Waals surface area contributed by atoms with Crippen molar-refractivity contribution in [3.05, 3.63) is 59.7 Å². The molecule has 2 amide bonds. The van der Waals surface area contributed by atoms with Crippen molar-refractivity contribution in [2.75, 3.05) is 13.2 Å². The van der Waals surface area contributed by atoms with E-state index in [0.29, 0.717) is 19.4 Å². The number of ether oxygens (including phenoxy) is 1. The molecule has 178 valence electrons. The second kappa shape index (κ2) is 9.49. The second-order valence-corrected chi connectivity index (χ2v) is 9.56. The van der Waals surface area contributed by atoms with Crippen molar-refractivity contribution in [1.29, 1.82) is 0 Å². The topological polar surface area (TPSA) is 95.9 Å². The van der Waals surface area contributed by atoms with Crippen molar-refractivity contribution in [3.63, 3.8) is 0 Å². The third-order valence-corrected chi connectivity index (χ3v) is 7.51. The first-order chi connectivity index (χ1) is 16.5. The number of aliphatic carboxylic acids is 1. The Morgan fingerprint density at radius 2 is 1.62 bits per heavy atom. The second-order valence-electron chi connectivity index (χ2n) is 9.56. The zero-order valence-electron chi connectivity index (χ0n) is 19.1. The number of alkyl carbamates (subject to hydrolysis) is 1. The molecule has 2 aromatic carbocycles. The van der Waals surface area contributed by atoms with E-state index in [2.05, 4.69) is 29.6 Å². The molecular weight excluding hydrogens is 432 g/mol. The number of rotatable bonds is 5. The first kappa shape index (κ1) is 22.4. The largest absolute Gasteiger partial charge is 0.480 e. The zero-order chi connectivity index (χ0) is 23.7. The van der Waals surface area contributed by atoms with Crippen LogP contribution in [0, 0.1) is 5.92 Å². The monoisotopic (exact) mass is 462 g/mol. The molecule has 2 fully saturated rings. The normalized spacial score (nSPS) is 23.8. The number of likely N-dealkylation sites (tertiary alicyclic amines) is 1. The van der Waals surface area contributed by atoms with E-state index in [4.69, 9.17) is 4.74 Å². The van der Waals surface area contributed by atoms with Crippen LogP contribution in [0.5, 0.6) is 0 Å². The van der Waals surface area contributed by atoms with E-state index in [1.807, 2.05) is 24.3 Å². The molecule has 0 radical (unpaired) electrons. The van der Waals surface area contributed by atoms with Gasteiger partial charge in [0.1, 0.15) is 12.6 Å². The predicted octanol–water partition coefficient (Wildman–Crippen LogP) is 4.16.